The summed E-state index contributed by atoms with van der Waals surface area (Å²) in [6.07, 6.45) is 0.597. The number of hydrogen-bond donors (Lipinski definition) is 1. The number of carbonyl (C=O) groups excluding carboxylic acids is 1. The molecule has 21 heavy (non-hydrogen) atoms. The van der Waals surface area contributed by atoms with Crippen molar-refractivity contribution in [1.82, 2.24) is 10.2 Å². The molecule has 2 aromatic carbocycles. The Bertz CT molecular complexity index is 541. The molecular formula is C18H20N2O. The fourth-order valence-electron chi connectivity index (χ4n) is 2.80. The summed E-state index contributed by atoms with van der Waals surface area (Å²) in [7, 11) is 0. The van der Waals surface area contributed by atoms with Crippen molar-refractivity contribution in [3.8, 4) is 0 Å². The summed E-state index contributed by atoms with van der Waals surface area (Å²) >= 11 is 0. The van der Waals surface area contributed by atoms with Crippen molar-refractivity contribution in [2.24, 2.45) is 0 Å². The van der Waals surface area contributed by atoms with E-state index in [0.29, 0.717) is 6.42 Å². The van der Waals surface area contributed by atoms with Crippen LogP contribution in [0.1, 0.15) is 17.5 Å². The van der Waals surface area contributed by atoms with Crippen LogP contribution in [0.15, 0.2) is 60.7 Å². The quantitative estimate of drug-likeness (QED) is 0.913. The van der Waals surface area contributed by atoms with Crippen molar-refractivity contribution in [1.29, 1.82) is 0 Å². The molecule has 0 radical (unpaired) electrons. The summed E-state index contributed by atoms with van der Waals surface area (Å²) in [5.74, 6) is 0.158. The number of rotatable bonds is 5. The van der Waals surface area contributed by atoms with Crippen molar-refractivity contribution in [3.63, 3.8) is 0 Å². The third-order valence-corrected chi connectivity index (χ3v) is 3.93. The molecule has 1 heterocycles. The summed E-state index contributed by atoms with van der Waals surface area (Å²) in [6.45, 7) is 2.49. The van der Waals surface area contributed by atoms with E-state index >= 15 is 0 Å². The molecule has 3 heteroatoms. The first-order chi connectivity index (χ1) is 10.3. The van der Waals surface area contributed by atoms with E-state index in [2.05, 4.69) is 58.7 Å². The van der Waals surface area contributed by atoms with Crippen LogP contribution in [0.25, 0.3) is 0 Å². The van der Waals surface area contributed by atoms with Gasteiger partial charge in [0.2, 0.25) is 5.91 Å². The van der Waals surface area contributed by atoms with Crippen LogP contribution in [-0.2, 0) is 17.9 Å². The Hall–Kier alpha value is -2.13. The molecule has 0 saturated carbocycles. The molecule has 3 nitrogen and oxygen atoms in total. The summed E-state index contributed by atoms with van der Waals surface area (Å²) in [5.41, 5.74) is 2.57. The van der Waals surface area contributed by atoms with Gasteiger partial charge in [0.15, 0.2) is 0 Å². The Balaban J connectivity index is 1.76. The van der Waals surface area contributed by atoms with Crippen LogP contribution in [0.4, 0.5) is 0 Å². The van der Waals surface area contributed by atoms with Gasteiger partial charge in [-0.2, -0.15) is 0 Å². The molecule has 1 fully saturated rings. The van der Waals surface area contributed by atoms with Gasteiger partial charge >= 0.3 is 0 Å². The van der Waals surface area contributed by atoms with Gasteiger partial charge in [-0.05, 0) is 11.1 Å². The second kappa shape index (κ2) is 6.55. The minimum atomic E-state index is 0.158. The van der Waals surface area contributed by atoms with E-state index in [1.807, 2.05) is 12.1 Å². The highest BCUT2D eigenvalue weighted by Gasteiger charge is 2.27. The summed E-state index contributed by atoms with van der Waals surface area (Å²) < 4.78 is 0. The average molecular weight is 280 g/mol. The lowest BCUT2D eigenvalue weighted by molar-refractivity contribution is -0.119. The largest absolute Gasteiger partial charge is 0.354 e. The maximum absolute atomic E-state index is 11.5. The second-order valence-corrected chi connectivity index (χ2v) is 5.54. The lowest BCUT2D eigenvalue weighted by Gasteiger charge is -2.28. The smallest absolute Gasteiger partial charge is 0.221 e. The normalized spacial score (nSPS) is 18.0. The van der Waals surface area contributed by atoms with Gasteiger partial charge in [0.05, 0.1) is 0 Å². The van der Waals surface area contributed by atoms with Gasteiger partial charge in [0.25, 0.3) is 0 Å². The zero-order chi connectivity index (χ0) is 14.5. The van der Waals surface area contributed by atoms with Crippen LogP contribution < -0.4 is 5.32 Å². The molecule has 0 aliphatic carbocycles. The standard InChI is InChI=1S/C18H20N2O/c21-18-11-17(12-19-18)20(13-15-7-3-1-4-8-15)14-16-9-5-2-6-10-16/h1-10,17H,11-14H2,(H,19,21)/t17-/m0/s1. The Morgan fingerprint density at radius 2 is 1.43 bits per heavy atom. The van der Waals surface area contributed by atoms with Crippen molar-refractivity contribution in [2.75, 3.05) is 6.54 Å². The topological polar surface area (TPSA) is 32.3 Å². The van der Waals surface area contributed by atoms with Crippen molar-refractivity contribution >= 4 is 5.91 Å². The van der Waals surface area contributed by atoms with Crippen LogP contribution in [0.2, 0.25) is 0 Å². The lowest BCUT2D eigenvalue weighted by Crippen LogP contribution is -2.35. The lowest BCUT2D eigenvalue weighted by atomic mass is 10.1. The fraction of sp³-hybridized carbons (Fsp3) is 0.278. The molecule has 1 N–H and O–H groups in total. The molecule has 1 aliphatic rings. The molecule has 1 amide bonds. The number of benzene rings is 2. The maximum Gasteiger partial charge on any atom is 0.221 e. The first-order valence-corrected chi connectivity index (χ1v) is 7.40. The average Bonchev–Trinajstić information content (AvgIpc) is 2.95. The van der Waals surface area contributed by atoms with Crippen LogP contribution in [-0.4, -0.2) is 23.4 Å². The molecular weight excluding hydrogens is 260 g/mol. The molecule has 1 atom stereocenters. The highest BCUT2D eigenvalue weighted by molar-refractivity contribution is 5.78. The highest BCUT2D eigenvalue weighted by atomic mass is 16.1. The van der Waals surface area contributed by atoms with E-state index in [0.717, 1.165) is 19.6 Å². The Morgan fingerprint density at radius 1 is 0.905 bits per heavy atom. The van der Waals surface area contributed by atoms with E-state index in [4.69, 9.17) is 0 Å². The molecule has 0 spiro atoms. The second-order valence-electron chi connectivity index (χ2n) is 5.54. The van der Waals surface area contributed by atoms with E-state index < -0.39 is 0 Å². The summed E-state index contributed by atoms with van der Waals surface area (Å²) in [4.78, 5) is 13.9. The molecule has 0 aromatic heterocycles. The molecule has 1 saturated heterocycles. The Morgan fingerprint density at radius 3 is 1.86 bits per heavy atom. The summed E-state index contributed by atoms with van der Waals surface area (Å²) in [6, 6.07) is 21.2. The van der Waals surface area contributed by atoms with Crippen LogP contribution in [0, 0.1) is 0 Å². The van der Waals surface area contributed by atoms with E-state index in [-0.39, 0.29) is 11.9 Å². The minimum Gasteiger partial charge on any atom is -0.354 e. The highest BCUT2D eigenvalue weighted by Crippen LogP contribution is 2.17. The predicted octanol–water partition coefficient (Wildman–Crippen LogP) is 2.58. The van der Waals surface area contributed by atoms with E-state index in [9.17, 15) is 4.79 Å². The molecule has 0 bridgehead atoms. The van der Waals surface area contributed by atoms with Gasteiger partial charge in [-0.3, -0.25) is 9.69 Å². The van der Waals surface area contributed by atoms with Gasteiger partial charge in [-0.1, -0.05) is 60.7 Å². The number of nitrogens with zero attached hydrogens (tertiary/aromatic N) is 1. The first kappa shape index (κ1) is 13.8. The molecule has 2 aromatic rings. The van der Waals surface area contributed by atoms with Crippen molar-refractivity contribution < 1.29 is 4.79 Å². The fourth-order valence-corrected chi connectivity index (χ4v) is 2.80. The zero-order valence-corrected chi connectivity index (χ0v) is 12.0. The number of carbonyl (C=O) groups is 1. The molecule has 3 rings (SSSR count). The third-order valence-electron chi connectivity index (χ3n) is 3.93. The molecule has 108 valence electrons. The van der Waals surface area contributed by atoms with Crippen LogP contribution in [0.5, 0.6) is 0 Å². The van der Waals surface area contributed by atoms with E-state index in [1.165, 1.54) is 11.1 Å². The molecule has 1 aliphatic heterocycles. The Kier molecular flexibility index (Phi) is 4.31. The maximum atomic E-state index is 11.5. The predicted molar refractivity (Wildman–Crippen MR) is 83.5 cm³/mol. The van der Waals surface area contributed by atoms with Crippen molar-refractivity contribution in [3.05, 3.63) is 71.8 Å². The van der Waals surface area contributed by atoms with Gasteiger partial charge in [0, 0.05) is 32.1 Å². The van der Waals surface area contributed by atoms with Gasteiger partial charge in [-0.15, -0.1) is 0 Å². The Labute approximate surface area is 125 Å². The van der Waals surface area contributed by atoms with Crippen LogP contribution in [0.3, 0.4) is 0 Å². The number of amides is 1. The summed E-state index contributed by atoms with van der Waals surface area (Å²) in [5, 5.41) is 2.94. The van der Waals surface area contributed by atoms with E-state index in [1.54, 1.807) is 0 Å². The monoisotopic (exact) mass is 280 g/mol. The first-order valence-electron chi connectivity index (χ1n) is 7.40. The van der Waals surface area contributed by atoms with Gasteiger partial charge < -0.3 is 5.32 Å². The minimum absolute atomic E-state index is 0.158. The number of hydrogen-bond acceptors (Lipinski definition) is 2. The van der Waals surface area contributed by atoms with Crippen LogP contribution >= 0.6 is 0 Å². The van der Waals surface area contributed by atoms with Gasteiger partial charge in [0.1, 0.15) is 0 Å². The zero-order valence-electron chi connectivity index (χ0n) is 12.0. The molecule has 0 unspecified atom stereocenters. The SMILES string of the molecule is O=C1C[C@H](N(Cc2ccccc2)Cc2ccccc2)CN1. The number of nitrogens with one attached hydrogen (secondary N) is 1. The van der Waals surface area contributed by atoms with Gasteiger partial charge in [-0.25, -0.2) is 0 Å². The van der Waals surface area contributed by atoms with Crippen molar-refractivity contribution in [2.45, 2.75) is 25.6 Å². The third kappa shape index (κ3) is 3.70.